The van der Waals surface area contributed by atoms with Gasteiger partial charge in [0.05, 0.1) is 5.41 Å². The Morgan fingerprint density at radius 1 is 1.54 bits per heavy atom. The summed E-state index contributed by atoms with van der Waals surface area (Å²) in [5.74, 6) is -0.222. The first-order chi connectivity index (χ1) is 6.15. The summed E-state index contributed by atoms with van der Waals surface area (Å²) < 4.78 is 0. The molecular weight excluding hydrogens is 164 g/mol. The first kappa shape index (κ1) is 8.23. The van der Waals surface area contributed by atoms with Crippen LogP contribution in [-0.2, 0) is 10.2 Å². The fourth-order valence-corrected chi connectivity index (χ4v) is 1.62. The van der Waals surface area contributed by atoms with E-state index in [1.807, 2.05) is 13.0 Å². The maximum atomic E-state index is 11.2. The number of nitrogens with zero attached hydrogens (tertiary/aromatic N) is 1. The van der Waals surface area contributed by atoms with E-state index in [1.165, 1.54) is 0 Å². The summed E-state index contributed by atoms with van der Waals surface area (Å²) >= 11 is 0. The Morgan fingerprint density at radius 3 is 2.69 bits per heavy atom. The van der Waals surface area contributed by atoms with Crippen LogP contribution in [0.5, 0.6) is 0 Å². The standard InChI is InChI=1S/C10H12N2O/c1-7-4-8(6-12-5-7)10(2-3-10)9(11)13/h4-6H,2-3H2,1H3,(H2,11,13). The summed E-state index contributed by atoms with van der Waals surface area (Å²) in [6, 6.07) is 1.99. The number of carbonyl (C=O) groups excluding carboxylic acids is 1. The van der Waals surface area contributed by atoms with Crippen LogP contribution in [0.15, 0.2) is 18.5 Å². The third-order valence-electron chi connectivity index (χ3n) is 2.65. The van der Waals surface area contributed by atoms with Crippen LogP contribution >= 0.6 is 0 Å². The second-order valence-corrected chi connectivity index (χ2v) is 3.70. The van der Waals surface area contributed by atoms with E-state index in [2.05, 4.69) is 4.98 Å². The van der Waals surface area contributed by atoms with Crippen LogP contribution in [0.3, 0.4) is 0 Å². The van der Waals surface area contributed by atoms with E-state index < -0.39 is 0 Å². The van der Waals surface area contributed by atoms with E-state index in [0.29, 0.717) is 0 Å². The number of carbonyl (C=O) groups is 1. The minimum Gasteiger partial charge on any atom is -0.369 e. The molecule has 13 heavy (non-hydrogen) atoms. The first-order valence-corrected chi connectivity index (χ1v) is 4.37. The van der Waals surface area contributed by atoms with Crippen molar-refractivity contribution in [3.8, 4) is 0 Å². The van der Waals surface area contributed by atoms with Gasteiger partial charge in [0.15, 0.2) is 0 Å². The smallest absolute Gasteiger partial charge is 0.228 e. The molecule has 1 amide bonds. The number of rotatable bonds is 2. The molecule has 2 rings (SSSR count). The average Bonchev–Trinajstić information content (AvgIpc) is 2.83. The Bertz CT molecular complexity index is 356. The highest BCUT2D eigenvalue weighted by molar-refractivity contribution is 5.89. The van der Waals surface area contributed by atoms with Crippen molar-refractivity contribution in [2.45, 2.75) is 25.2 Å². The lowest BCUT2D eigenvalue weighted by Crippen LogP contribution is -2.28. The Kier molecular flexibility index (Phi) is 1.62. The van der Waals surface area contributed by atoms with Gasteiger partial charge in [-0.1, -0.05) is 6.07 Å². The molecule has 68 valence electrons. The van der Waals surface area contributed by atoms with E-state index in [1.54, 1.807) is 12.4 Å². The van der Waals surface area contributed by atoms with E-state index >= 15 is 0 Å². The zero-order valence-electron chi connectivity index (χ0n) is 7.58. The molecule has 0 saturated heterocycles. The predicted octanol–water partition coefficient (Wildman–Crippen LogP) is 0.907. The molecule has 1 saturated carbocycles. The van der Waals surface area contributed by atoms with Gasteiger partial charge in [0.1, 0.15) is 0 Å². The Morgan fingerprint density at radius 2 is 2.23 bits per heavy atom. The van der Waals surface area contributed by atoms with Crippen molar-refractivity contribution in [1.29, 1.82) is 0 Å². The number of aryl methyl sites for hydroxylation is 1. The third kappa shape index (κ3) is 1.20. The highest BCUT2D eigenvalue weighted by Crippen LogP contribution is 2.47. The molecule has 1 aromatic heterocycles. The molecule has 1 heterocycles. The Balaban J connectivity index is 2.41. The van der Waals surface area contributed by atoms with Crippen molar-refractivity contribution in [3.05, 3.63) is 29.6 Å². The van der Waals surface area contributed by atoms with Gasteiger partial charge in [0.25, 0.3) is 0 Å². The van der Waals surface area contributed by atoms with Crippen LogP contribution < -0.4 is 5.73 Å². The summed E-state index contributed by atoms with van der Waals surface area (Å²) in [6.45, 7) is 1.97. The number of aromatic nitrogens is 1. The van der Waals surface area contributed by atoms with E-state index in [9.17, 15) is 4.79 Å². The van der Waals surface area contributed by atoms with Crippen molar-refractivity contribution < 1.29 is 4.79 Å². The molecule has 0 radical (unpaired) electrons. The zero-order chi connectivity index (χ0) is 9.47. The lowest BCUT2D eigenvalue weighted by Gasteiger charge is -2.10. The highest BCUT2D eigenvalue weighted by Gasteiger charge is 2.50. The number of hydrogen-bond acceptors (Lipinski definition) is 2. The summed E-state index contributed by atoms with van der Waals surface area (Å²) in [5, 5.41) is 0. The normalized spacial score (nSPS) is 18.2. The number of primary amides is 1. The van der Waals surface area contributed by atoms with Crippen molar-refractivity contribution >= 4 is 5.91 Å². The van der Waals surface area contributed by atoms with Crippen LogP contribution in [0.1, 0.15) is 24.0 Å². The summed E-state index contributed by atoms with van der Waals surface area (Å²) in [5.41, 5.74) is 7.00. The summed E-state index contributed by atoms with van der Waals surface area (Å²) in [7, 11) is 0. The minimum atomic E-state index is -0.390. The van der Waals surface area contributed by atoms with E-state index in [4.69, 9.17) is 5.73 Å². The van der Waals surface area contributed by atoms with Gasteiger partial charge in [-0.3, -0.25) is 9.78 Å². The van der Waals surface area contributed by atoms with Gasteiger partial charge in [-0.05, 0) is 30.9 Å². The number of nitrogens with two attached hydrogens (primary N) is 1. The van der Waals surface area contributed by atoms with Gasteiger partial charge in [0, 0.05) is 12.4 Å². The molecule has 3 heteroatoms. The average molecular weight is 176 g/mol. The fourth-order valence-electron chi connectivity index (χ4n) is 1.62. The van der Waals surface area contributed by atoms with Crippen LogP contribution in [0.25, 0.3) is 0 Å². The lowest BCUT2D eigenvalue weighted by molar-refractivity contribution is -0.120. The van der Waals surface area contributed by atoms with Gasteiger partial charge >= 0.3 is 0 Å². The molecule has 2 N–H and O–H groups in total. The molecule has 0 unspecified atom stereocenters. The predicted molar refractivity (Wildman–Crippen MR) is 49.1 cm³/mol. The van der Waals surface area contributed by atoms with Crippen molar-refractivity contribution in [2.75, 3.05) is 0 Å². The van der Waals surface area contributed by atoms with Crippen LogP contribution in [0.2, 0.25) is 0 Å². The SMILES string of the molecule is Cc1cncc(C2(C(N)=O)CC2)c1. The minimum absolute atomic E-state index is 0.222. The van der Waals surface area contributed by atoms with Crippen LogP contribution in [0.4, 0.5) is 0 Å². The van der Waals surface area contributed by atoms with E-state index in [0.717, 1.165) is 24.0 Å². The monoisotopic (exact) mass is 176 g/mol. The highest BCUT2D eigenvalue weighted by atomic mass is 16.1. The van der Waals surface area contributed by atoms with Crippen LogP contribution in [-0.4, -0.2) is 10.9 Å². The molecule has 1 fully saturated rings. The van der Waals surface area contributed by atoms with Gasteiger partial charge < -0.3 is 5.73 Å². The van der Waals surface area contributed by atoms with Gasteiger partial charge in [-0.15, -0.1) is 0 Å². The van der Waals surface area contributed by atoms with E-state index in [-0.39, 0.29) is 11.3 Å². The Labute approximate surface area is 77.0 Å². The maximum Gasteiger partial charge on any atom is 0.228 e. The topological polar surface area (TPSA) is 56.0 Å². The Hall–Kier alpha value is -1.38. The molecule has 1 aromatic rings. The number of hydrogen-bond donors (Lipinski definition) is 1. The molecule has 0 aliphatic heterocycles. The van der Waals surface area contributed by atoms with Crippen molar-refractivity contribution in [1.82, 2.24) is 4.98 Å². The molecule has 0 aromatic carbocycles. The number of pyridine rings is 1. The van der Waals surface area contributed by atoms with Crippen molar-refractivity contribution in [2.24, 2.45) is 5.73 Å². The first-order valence-electron chi connectivity index (χ1n) is 4.37. The maximum absolute atomic E-state index is 11.2. The third-order valence-corrected chi connectivity index (χ3v) is 2.65. The molecule has 0 atom stereocenters. The largest absolute Gasteiger partial charge is 0.369 e. The molecule has 1 aliphatic rings. The molecule has 0 bridgehead atoms. The quantitative estimate of drug-likeness (QED) is 0.728. The summed E-state index contributed by atoms with van der Waals surface area (Å²) in [6.07, 6.45) is 5.26. The molecular formula is C10H12N2O. The molecule has 1 aliphatic carbocycles. The van der Waals surface area contributed by atoms with Gasteiger partial charge in [-0.2, -0.15) is 0 Å². The second kappa shape index (κ2) is 2.55. The molecule has 3 nitrogen and oxygen atoms in total. The van der Waals surface area contributed by atoms with Crippen LogP contribution in [0, 0.1) is 6.92 Å². The van der Waals surface area contributed by atoms with Gasteiger partial charge in [-0.25, -0.2) is 0 Å². The van der Waals surface area contributed by atoms with Gasteiger partial charge in [0.2, 0.25) is 5.91 Å². The second-order valence-electron chi connectivity index (χ2n) is 3.70. The fraction of sp³-hybridized carbons (Fsp3) is 0.400. The van der Waals surface area contributed by atoms with Crippen molar-refractivity contribution in [3.63, 3.8) is 0 Å². The lowest BCUT2D eigenvalue weighted by atomic mass is 9.96. The number of amides is 1. The summed E-state index contributed by atoms with van der Waals surface area (Å²) in [4.78, 5) is 15.3. The zero-order valence-corrected chi connectivity index (χ0v) is 7.58. The molecule has 0 spiro atoms.